The summed E-state index contributed by atoms with van der Waals surface area (Å²) in [6, 6.07) is 23.5. The predicted octanol–water partition coefficient (Wildman–Crippen LogP) is 9.46. The maximum Gasteiger partial charge on any atom is 0.162 e. The molecule has 0 aromatic heterocycles. The Kier molecular flexibility index (Phi) is 7.81. The van der Waals surface area contributed by atoms with Gasteiger partial charge in [-0.25, -0.2) is 0 Å². The molecule has 6 rings (SSSR count). The number of hydrogen-bond acceptors (Lipinski definition) is 4. The fourth-order valence-corrected chi connectivity index (χ4v) is 7.36. The summed E-state index contributed by atoms with van der Waals surface area (Å²) >= 11 is 13.2. The van der Waals surface area contributed by atoms with Gasteiger partial charge in [0.25, 0.3) is 0 Å². The van der Waals surface area contributed by atoms with E-state index in [4.69, 9.17) is 27.9 Å². The molecule has 222 valence electrons. The minimum Gasteiger partial charge on any atom is -0.487 e. The average Bonchev–Trinajstić information content (AvgIpc) is 2.93. The Hall–Kier alpha value is -3.34. The summed E-state index contributed by atoms with van der Waals surface area (Å²) in [6.45, 7) is 9.53. The fourth-order valence-electron chi connectivity index (χ4n) is 6.92. The summed E-state index contributed by atoms with van der Waals surface area (Å²) in [5.74, 6) is 0.282. The molecule has 3 aromatic rings. The third-order valence-corrected chi connectivity index (χ3v) is 9.50. The zero-order valence-electron chi connectivity index (χ0n) is 25.2. The number of ketones is 2. The molecule has 0 amide bonds. The highest BCUT2D eigenvalue weighted by atomic mass is 35.5. The number of hydrogen-bond donors (Lipinski definition) is 0. The first-order valence-corrected chi connectivity index (χ1v) is 15.7. The van der Waals surface area contributed by atoms with Crippen LogP contribution in [0.1, 0.15) is 76.0 Å². The van der Waals surface area contributed by atoms with E-state index in [1.165, 1.54) is 0 Å². The number of carbonyl (C=O) groups is 2. The standard InChI is InChI=1S/C37H37Cl2NO3/c1-36(2)17-28-34(30(41)19-36)33(24-14-15-32(27(39)16-24)43-22-25-12-8-9-13-26(25)38)35-29(18-37(3,4)20-31(35)42)40(28)21-23-10-6-5-7-11-23/h5-16,33H,17-22H2,1-4H3. The average molecular weight is 615 g/mol. The van der Waals surface area contributed by atoms with E-state index in [9.17, 15) is 9.59 Å². The number of benzene rings is 3. The zero-order valence-corrected chi connectivity index (χ0v) is 26.7. The molecule has 1 heterocycles. The van der Waals surface area contributed by atoms with Crippen LogP contribution >= 0.6 is 23.2 Å². The third-order valence-electron chi connectivity index (χ3n) is 8.84. The Morgan fingerprint density at radius 1 is 0.744 bits per heavy atom. The van der Waals surface area contributed by atoms with Crippen LogP contribution in [0, 0.1) is 10.8 Å². The van der Waals surface area contributed by atoms with Gasteiger partial charge in [0, 0.05) is 58.4 Å². The minimum absolute atomic E-state index is 0.105. The van der Waals surface area contributed by atoms with Gasteiger partial charge < -0.3 is 9.64 Å². The molecule has 0 saturated carbocycles. The second kappa shape index (κ2) is 11.3. The highest BCUT2D eigenvalue weighted by Gasteiger charge is 2.49. The van der Waals surface area contributed by atoms with Crippen molar-refractivity contribution >= 4 is 34.8 Å². The molecule has 0 bridgehead atoms. The molecule has 43 heavy (non-hydrogen) atoms. The lowest BCUT2D eigenvalue weighted by Crippen LogP contribution is -2.44. The van der Waals surface area contributed by atoms with Gasteiger partial charge in [-0.2, -0.15) is 0 Å². The van der Waals surface area contributed by atoms with Crippen LogP contribution in [0.5, 0.6) is 5.75 Å². The molecule has 0 saturated heterocycles. The molecule has 3 aromatic carbocycles. The SMILES string of the molecule is CC1(C)CC(=O)C2=C(C1)N(Cc1ccccc1)C1=C(C(=O)CC(C)(C)C1)C2c1ccc(OCc2ccccc2Cl)c(Cl)c1. The van der Waals surface area contributed by atoms with Crippen molar-refractivity contribution in [3.05, 3.63) is 122 Å². The molecule has 0 fully saturated rings. The van der Waals surface area contributed by atoms with E-state index in [0.717, 1.165) is 52.1 Å². The van der Waals surface area contributed by atoms with Crippen molar-refractivity contribution in [3.63, 3.8) is 0 Å². The second-order valence-electron chi connectivity index (χ2n) is 13.7. The molecule has 0 spiro atoms. The van der Waals surface area contributed by atoms with E-state index in [0.29, 0.717) is 35.2 Å². The Labute approximate surface area is 264 Å². The number of carbonyl (C=O) groups excluding carboxylic acids is 2. The van der Waals surface area contributed by atoms with Gasteiger partial charge in [-0.1, -0.05) is 105 Å². The van der Waals surface area contributed by atoms with Crippen molar-refractivity contribution in [1.82, 2.24) is 4.90 Å². The van der Waals surface area contributed by atoms with E-state index in [1.54, 1.807) is 0 Å². The number of ether oxygens (including phenoxy) is 1. The summed E-state index contributed by atoms with van der Waals surface area (Å²) in [4.78, 5) is 30.5. The lowest BCUT2D eigenvalue weighted by molar-refractivity contribution is -0.119. The second-order valence-corrected chi connectivity index (χ2v) is 14.5. The summed E-state index contributed by atoms with van der Waals surface area (Å²) in [5, 5.41) is 1.07. The summed E-state index contributed by atoms with van der Waals surface area (Å²) < 4.78 is 6.06. The summed E-state index contributed by atoms with van der Waals surface area (Å²) in [5.41, 5.74) is 6.04. The van der Waals surface area contributed by atoms with Crippen LogP contribution in [0.25, 0.3) is 0 Å². The van der Waals surface area contributed by atoms with Gasteiger partial charge in [-0.05, 0) is 53.0 Å². The zero-order chi connectivity index (χ0) is 30.5. The number of rotatable bonds is 6. The monoisotopic (exact) mass is 613 g/mol. The normalized spacial score (nSPS) is 19.8. The topological polar surface area (TPSA) is 46.6 Å². The van der Waals surface area contributed by atoms with Crippen molar-refractivity contribution in [2.45, 2.75) is 72.4 Å². The van der Waals surface area contributed by atoms with Crippen LogP contribution in [0.2, 0.25) is 10.0 Å². The predicted molar refractivity (Wildman–Crippen MR) is 172 cm³/mol. The first kappa shape index (κ1) is 29.7. The van der Waals surface area contributed by atoms with E-state index < -0.39 is 5.92 Å². The van der Waals surface area contributed by atoms with Gasteiger partial charge >= 0.3 is 0 Å². The quantitative estimate of drug-likeness (QED) is 0.278. The molecule has 0 radical (unpaired) electrons. The first-order chi connectivity index (χ1) is 20.4. The lowest BCUT2D eigenvalue weighted by Gasteiger charge is -2.49. The van der Waals surface area contributed by atoms with E-state index in [2.05, 4.69) is 44.7 Å². The third kappa shape index (κ3) is 5.92. The highest BCUT2D eigenvalue weighted by molar-refractivity contribution is 6.32. The molecule has 0 unspecified atom stereocenters. The van der Waals surface area contributed by atoms with Gasteiger partial charge in [0.15, 0.2) is 11.6 Å². The number of nitrogens with zero attached hydrogens (tertiary/aromatic N) is 1. The van der Waals surface area contributed by atoms with Crippen molar-refractivity contribution in [2.75, 3.05) is 0 Å². The van der Waals surface area contributed by atoms with Gasteiger partial charge in [-0.15, -0.1) is 0 Å². The Balaban J connectivity index is 1.46. The maximum absolute atomic E-state index is 14.1. The number of allylic oxidation sites excluding steroid dienone is 4. The fraction of sp³-hybridized carbons (Fsp3) is 0.351. The van der Waals surface area contributed by atoms with Crippen molar-refractivity contribution in [3.8, 4) is 5.75 Å². The van der Waals surface area contributed by atoms with Crippen LogP contribution in [0.3, 0.4) is 0 Å². The largest absolute Gasteiger partial charge is 0.487 e. The smallest absolute Gasteiger partial charge is 0.162 e. The van der Waals surface area contributed by atoms with Gasteiger partial charge in [0.1, 0.15) is 12.4 Å². The molecular formula is C37H37Cl2NO3. The van der Waals surface area contributed by atoms with Gasteiger partial charge in [0.05, 0.1) is 5.02 Å². The highest BCUT2D eigenvalue weighted by Crippen LogP contribution is 2.55. The van der Waals surface area contributed by atoms with Crippen molar-refractivity contribution < 1.29 is 14.3 Å². The van der Waals surface area contributed by atoms with E-state index >= 15 is 0 Å². The molecule has 2 aliphatic carbocycles. The minimum atomic E-state index is -0.459. The van der Waals surface area contributed by atoms with Crippen LogP contribution in [0.15, 0.2) is 95.3 Å². The lowest BCUT2D eigenvalue weighted by atomic mass is 9.63. The summed E-state index contributed by atoms with van der Waals surface area (Å²) in [7, 11) is 0. The molecule has 1 aliphatic heterocycles. The number of Topliss-reactive ketones (excluding diaryl/α,β-unsaturated/α-hetero) is 2. The maximum atomic E-state index is 14.1. The Morgan fingerprint density at radius 3 is 1.91 bits per heavy atom. The van der Waals surface area contributed by atoms with Gasteiger partial charge in [-0.3, -0.25) is 9.59 Å². The van der Waals surface area contributed by atoms with E-state index in [-0.39, 0.29) is 29.0 Å². The molecular weight excluding hydrogens is 577 g/mol. The number of halogens is 2. The van der Waals surface area contributed by atoms with Crippen molar-refractivity contribution in [2.24, 2.45) is 10.8 Å². The molecule has 6 heteroatoms. The van der Waals surface area contributed by atoms with Crippen LogP contribution in [-0.4, -0.2) is 16.5 Å². The van der Waals surface area contributed by atoms with Gasteiger partial charge in [0.2, 0.25) is 0 Å². The van der Waals surface area contributed by atoms with Crippen LogP contribution in [-0.2, 0) is 22.7 Å². The van der Waals surface area contributed by atoms with Crippen LogP contribution < -0.4 is 4.74 Å². The first-order valence-electron chi connectivity index (χ1n) is 14.9. The Bertz CT molecular complexity index is 1610. The molecule has 4 nitrogen and oxygen atoms in total. The Morgan fingerprint density at radius 2 is 1.33 bits per heavy atom. The molecule has 0 N–H and O–H groups in total. The molecule has 0 atom stereocenters. The summed E-state index contributed by atoms with van der Waals surface area (Å²) in [6.07, 6.45) is 2.40. The van der Waals surface area contributed by atoms with E-state index in [1.807, 2.05) is 60.7 Å². The van der Waals surface area contributed by atoms with Crippen LogP contribution in [0.4, 0.5) is 0 Å². The van der Waals surface area contributed by atoms with Crippen molar-refractivity contribution in [1.29, 1.82) is 0 Å². The molecule has 3 aliphatic rings.